The molecule has 1 aromatic carbocycles. The molecule has 118 valence electrons. The van der Waals surface area contributed by atoms with Gasteiger partial charge in [0, 0.05) is 11.6 Å². The molecular weight excluding hydrogens is 282 g/mol. The molecule has 0 radical (unpaired) electrons. The van der Waals surface area contributed by atoms with Crippen molar-refractivity contribution in [3.63, 3.8) is 0 Å². The summed E-state index contributed by atoms with van der Waals surface area (Å²) in [5.74, 6) is -0.373. The van der Waals surface area contributed by atoms with Crippen LogP contribution >= 0.6 is 0 Å². The van der Waals surface area contributed by atoms with Gasteiger partial charge in [0.25, 0.3) is 0 Å². The van der Waals surface area contributed by atoms with E-state index in [4.69, 9.17) is 0 Å². The average molecular weight is 303 g/mol. The third kappa shape index (κ3) is 3.96. The molecule has 0 bridgehead atoms. The van der Waals surface area contributed by atoms with Crippen LogP contribution in [0.15, 0.2) is 18.2 Å². The molecule has 1 saturated carbocycles. The van der Waals surface area contributed by atoms with Crippen molar-refractivity contribution < 1.29 is 17.6 Å². The number of halogens is 4. The molecule has 0 heterocycles. The highest BCUT2D eigenvalue weighted by molar-refractivity contribution is 5.30. The van der Waals surface area contributed by atoms with Crippen LogP contribution in [0.2, 0.25) is 0 Å². The van der Waals surface area contributed by atoms with E-state index >= 15 is 0 Å². The normalized spacial score (nSPS) is 19.3. The van der Waals surface area contributed by atoms with Crippen LogP contribution < -0.4 is 5.32 Å². The maximum atomic E-state index is 14.0. The Labute approximate surface area is 122 Å². The predicted molar refractivity (Wildman–Crippen MR) is 74.4 cm³/mol. The Bertz CT molecular complexity index is 462. The Hall–Kier alpha value is -1.10. The first-order valence-corrected chi connectivity index (χ1v) is 7.47. The number of hydrogen-bond donors (Lipinski definition) is 1. The van der Waals surface area contributed by atoms with Gasteiger partial charge in [0.2, 0.25) is 0 Å². The second kappa shape index (κ2) is 6.77. The summed E-state index contributed by atoms with van der Waals surface area (Å²) in [7, 11) is 1.69. The van der Waals surface area contributed by atoms with Crippen LogP contribution in [0, 0.1) is 11.7 Å². The van der Waals surface area contributed by atoms with Crippen LogP contribution in [-0.4, -0.2) is 7.05 Å². The lowest BCUT2D eigenvalue weighted by Gasteiger charge is -2.27. The van der Waals surface area contributed by atoms with E-state index in [1.54, 1.807) is 7.05 Å². The van der Waals surface area contributed by atoms with Crippen molar-refractivity contribution in [2.45, 2.75) is 50.7 Å². The summed E-state index contributed by atoms with van der Waals surface area (Å²) < 4.78 is 52.5. The van der Waals surface area contributed by atoms with Gasteiger partial charge in [-0.1, -0.05) is 25.7 Å². The molecule has 1 atom stereocenters. The highest BCUT2D eigenvalue weighted by Crippen LogP contribution is 2.37. The first-order chi connectivity index (χ1) is 9.93. The van der Waals surface area contributed by atoms with Gasteiger partial charge < -0.3 is 5.32 Å². The van der Waals surface area contributed by atoms with Gasteiger partial charge in [0.1, 0.15) is 5.82 Å². The molecule has 1 fully saturated rings. The van der Waals surface area contributed by atoms with Crippen LogP contribution in [0.4, 0.5) is 17.6 Å². The molecule has 21 heavy (non-hydrogen) atoms. The van der Waals surface area contributed by atoms with E-state index in [1.165, 1.54) is 0 Å². The number of hydrogen-bond acceptors (Lipinski definition) is 1. The molecule has 1 unspecified atom stereocenters. The molecular formula is C16H21F4N. The summed E-state index contributed by atoms with van der Waals surface area (Å²) >= 11 is 0. The molecule has 2 rings (SSSR count). The largest absolute Gasteiger partial charge is 0.416 e. The molecule has 1 aromatic rings. The van der Waals surface area contributed by atoms with E-state index in [0.717, 1.165) is 56.7 Å². The summed E-state index contributed by atoms with van der Waals surface area (Å²) in [6.45, 7) is 0. The maximum absolute atomic E-state index is 14.0. The lowest BCUT2D eigenvalue weighted by atomic mass is 9.86. The predicted octanol–water partition coefficient (Wildman–Crippen LogP) is 5.08. The van der Waals surface area contributed by atoms with Crippen molar-refractivity contribution in [1.29, 1.82) is 0 Å². The minimum Gasteiger partial charge on any atom is -0.313 e. The molecule has 0 amide bonds. The molecule has 1 N–H and O–H groups in total. The van der Waals surface area contributed by atoms with Crippen molar-refractivity contribution in [3.8, 4) is 0 Å². The van der Waals surface area contributed by atoms with Crippen molar-refractivity contribution in [2.24, 2.45) is 5.92 Å². The van der Waals surface area contributed by atoms with Gasteiger partial charge in [0.05, 0.1) is 5.56 Å². The third-order valence-corrected chi connectivity index (χ3v) is 4.34. The lowest BCUT2D eigenvalue weighted by Crippen LogP contribution is -2.26. The van der Waals surface area contributed by atoms with E-state index < -0.39 is 17.6 Å². The first kappa shape index (κ1) is 16.3. The second-order valence-electron chi connectivity index (χ2n) is 5.75. The summed E-state index contributed by atoms with van der Waals surface area (Å²) in [5.41, 5.74) is -0.646. The average Bonchev–Trinajstić information content (AvgIpc) is 2.69. The Morgan fingerprint density at radius 2 is 1.71 bits per heavy atom. The van der Waals surface area contributed by atoms with Crippen LogP contribution in [0.3, 0.4) is 0 Å². The van der Waals surface area contributed by atoms with Crippen LogP contribution in [0.25, 0.3) is 0 Å². The van der Waals surface area contributed by atoms with Gasteiger partial charge in [-0.05, 0) is 44.0 Å². The fraction of sp³-hybridized carbons (Fsp3) is 0.625. The Morgan fingerprint density at radius 1 is 1.10 bits per heavy atom. The highest BCUT2D eigenvalue weighted by atomic mass is 19.4. The molecule has 0 aliphatic heterocycles. The third-order valence-electron chi connectivity index (χ3n) is 4.34. The molecule has 1 aliphatic rings. The van der Waals surface area contributed by atoms with Gasteiger partial charge >= 0.3 is 6.18 Å². The van der Waals surface area contributed by atoms with Crippen molar-refractivity contribution in [2.75, 3.05) is 7.05 Å². The molecule has 1 nitrogen and oxygen atoms in total. The van der Waals surface area contributed by atoms with Gasteiger partial charge in [0.15, 0.2) is 0 Å². The Balaban J connectivity index is 2.32. The molecule has 0 spiro atoms. The van der Waals surface area contributed by atoms with Gasteiger partial charge in [-0.15, -0.1) is 0 Å². The molecule has 1 aliphatic carbocycles. The number of benzene rings is 1. The minimum absolute atomic E-state index is 0.138. The van der Waals surface area contributed by atoms with E-state index in [9.17, 15) is 17.6 Å². The van der Waals surface area contributed by atoms with Crippen LogP contribution in [0.5, 0.6) is 0 Å². The summed E-state index contributed by atoms with van der Waals surface area (Å²) in [4.78, 5) is 0. The quantitative estimate of drug-likeness (QED) is 0.607. The molecule has 5 heteroatoms. The second-order valence-corrected chi connectivity index (χ2v) is 5.75. The zero-order valence-corrected chi connectivity index (χ0v) is 12.1. The lowest BCUT2D eigenvalue weighted by molar-refractivity contribution is -0.137. The van der Waals surface area contributed by atoms with E-state index in [2.05, 4.69) is 5.32 Å². The van der Waals surface area contributed by atoms with E-state index in [1.807, 2.05) is 0 Å². The zero-order chi connectivity index (χ0) is 15.5. The number of rotatable bonds is 3. The van der Waals surface area contributed by atoms with Gasteiger partial charge in [-0.2, -0.15) is 13.2 Å². The smallest absolute Gasteiger partial charge is 0.313 e. The van der Waals surface area contributed by atoms with Crippen molar-refractivity contribution in [3.05, 3.63) is 35.1 Å². The summed E-state index contributed by atoms with van der Waals surface area (Å²) in [5, 5.41) is 3.03. The Kier molecular flexibility index (Phi) is 5.25. The topological polar surface area (TPSA) is 12.0 Å². The zero-order valence-electron chi connectivity index (χ0n) is 12.1. The van der Waals surface area contributed by atoms with Crippen molar-refractivity contribution >= 4 is 0 Å². The SMILES string of the molecule is CNC(c1cc(C(F)(F)F)ccc1F)C1CCCCCC1. The van der Waals surface area contributed by atoms with Crippen LogP contribution in [-0.2, 0) is 6.18 Å². The van der Waals surface area contributed by atoms with Gasteiger partial charge in [-0.25, -0.2) is 4.39 Å². The molecule has 0 aromatic heterocycles. The summed E-state index contributed by atoms with van der Waals surface area (Å²) in [6, 6.07) is 2.34. The first-order valence-electron chi connectivity index (χ1n) is 7.47. The van der Waals surface area contributed by atoms with E-state index in [0.29, 0.717) is 0 Å². The van der Waals surface area contributed by atoms with Crippen molar-refractivity contribution in [1.82, 2.24) is 5.32 Å². The summed E-state index contributed by atoms with van der Waals surface area (Å²) in [6.07, 6.45) is 1.84. The fourth-order valence-electron chi connectivity index (χ4n) is 3.25. The standard InChI is InChI=1S/C16H21F4N/c1-21-15(11-6-4-2-3-5-7-11)13-10-12(16(18,19)20)8-9-14(13)17/h8-11,15,21H,2-7H2,1H3. The highest BCUT2D eigenvalue weighted by Gasteiger charge is 2.33. The monoisotopic (exact) mass is 303 g/mol. The van der Waals surface area contributed by atoms with Crippen LogP contribution in [0.1, 0.15) is 55.7 Å². The van der Waals surface area contributed by atoms with Gasteiger partial charge in [-0.3, -0.25) is 0 Å². The number of nitrogens with one attached hydrogen (secondary N) is 1. The van der Waals surface area contributed by atoms with E-state index in [-0.39, 0.29) is 17.5 Å². The number of alkyl halides is 3. The molecule has 0 saturated heterocycles. The fourth-order valence-corrected chi connectivity index (χ4v) is 3.25. The minimum atomic E-state index is -4.44. The Morgan fingerprint density at radius 3 is 2.24 bits per heavy atom. The maximum Gasteiger partial charge on any atom is 0.416 e.